The Bertz CT molecular complexity index is 456. The van der Waals surface area contributed by atoms with Gasteiger partial charge in [-0.15, -0.1) is 0 Å². The summed E-state index contributed by atoms with van der Waals surface area (Å²) in [7, 11) is 0. The van der Waals surface area contributed by atoms with E-state index in [9.17, 15) is 4.79 Å². The second-order valence-electron chi connectivity index (χ2n) is 4.50. The number of rotatable bonds is 5. The number of hydrogen-bond acceptors (Lipinski definition) is 2. The molecule has 1 heterocycles. The van der Waals surface area contributed by atoms with Crippen LogP contribution in [0.2, 0.25) is 0 Å². The van der Waals surface area contributed by atoms with Crippen LogP contribution in [0.3, 0.4) is 0 Å². The van der Waals surface area contributed by atoms with Crippen molar-refractivity contribution in [1.82, 2.24) is 9.88 Å². The summed E-state index contributed by atoms with van der Waals surface area (Å²) in [6.45, 7) is 10.1. The minimum Gasteiger partial charge on any atom is -0.360 e. The fraction of sp³-hybridized carbons (Fsp3) is 0.571. The van der Waals surface area contributed by atoms with Crippen molar-refractivity contribution in [2.45, 2.75) is 40.5 Å². The highest BCUT2D eigenvalue weighted by Crippen LogP contribution is 2.07. The van der Waals surface area contributed by atoms with Gasteiger partial charge < -0.3 is 9.88 Å². The second-order valence-corrected chi connectivity index (χ2v) is 4.50. The van der Waals surface area contributed by atoms with Gasteiger partial charge in [0.1, 0.15) is 11.7 Å². The van der Waals surface area contributed by atoms with Gasteiger partial charge >= 0.3 is 0 Å². The van der Waals surface area contributed by atoms with Gasteiger partial charge in [0, 0.05) is 18.7 Å². The largest absolute Gasteiger partial charge is 0.360 e. The smallest absolute Gasteiger partial charge is 0.252 e. The summed E-state index contributed by atoms with van der Waals surface area (Å²) < 4.78 is 0. The first-order valence-corrected chi connectivity index (χ1v) is 6.58. The summed E-state index contributed by atoms with van der Waals surface area (Å²) in [5.41, 5.74) is 0.646. The molecular formula is C14H23N3O. The number of hydrogen-bond donors (Lipinski definition) is 1. The summed E-state index contributed by atoms with van der Waals surface area (Å²) in [6.07, 6.45) is 2.19. The van der Waals surface area contributed by atoms with Crippen molar-refractivity contribution >= 4 is 11.7 Å². The second kappa shape index (κ2) is 6.99. The molecular weight excluding hydrogens is 226 g/mol. The topological polar surface area (TPSA) is 48.5 Å². The summed E-state index contributed by atoms with van der Waals surface area (Å²) in [6, 6.07) is 3.64. The van der Waals surface area contributed by atoms with Gasteiger partial charge in [-0.25, -0.2) is 4.99 Å². The van der Waals surface area contributed by atoms with Crippen LogP contribution in [0.5, 0.6) is 0 Å². The number of nitrogens with one attached hydrogen (secondary N) is 1. The molecule has 0 unspecified atom stereocenters. The van der Waals surface area contributed by atoms with E-state index in [4.69, 9.17) is 0 Å². The molecule has 1 aromatic rings. The van der Waals surface area contributed by atoms with Gasteiger partial charge in [-0.3, -0.25) is 4.79 Å². The standard InChI is InChI=1S/C14H23N3O/c1-5-9-17(10-6-2)12(4)15-13-8-7-11(3)14(18)16-13/h7-8H,5-6,9-10H2,1-4H3,(H,16,18)/b15-12+. The molecule has 0 bridgehead atoms. The number of aryl methyl sites for hydroxylation is 1. The summed E-state index contributed by atoms with van der Waals surface area (Å²) in [5.74, 6) is 1.58. The maximum atomic E-state index is 11.5. The van der Waals surface area contributed by atoms with E-state index in [-0.39, 0.29) is 5.56 Å². The van der Waals surface area contributed by atoms with E-state index < -0.39 is 0 Å². The fourth-order valence-electron chi connectivity index (χ4n) is 1.82. The predicted octanol–water partition coefficient (Wildman–Crippen LogP) is 2.86. The molecule has 0 fully saturated rings. The lowest BCUT2D eigenvalue weighted by molar-refractivity contribution is 0.414. The van der Waals surface area contributed by atoms with Crippen LogP contribution in [0.25, 0.3) is 0 Å². The van der Waals surface area contributed by atoms with Crippen molar-refractivity contribution in [1.29, 1.82) is 0 Å². The van der Waals surface area contributed by atoms with Gasteiger partial charge in [0.05, 0.1) is 0 Å². The van der Waals surface area contributed by atoms with Crippen LogP contribution in [-0.4, -0.2) is 28.8 Å². The zero-order chi connectivity index (χ0) is 13.5. The summed E-state index contributed by atoms with van der Waals surface area (Å²) >= 11 is 0. The van der Waals surface area contributed by atoms with E-state index in [0.717, 1.165) is 31.8 Å². The Hall–Kier alpha value is -1.58. The molecule has 4 nitrogen and oxygen atoms in total. The Labute approximate surface area is 109 Å². The molecule has 0 saturated carbocycles. The predicted molar refractivity (Wildman–Crippen MR) is 76.7 cm³/mol. The first-order valence-electron chi connectivity index (χ1n) is 6.58. The average Bonchev–Trinajstić information content (AvgIpc) is 2.33. The summed E-state index contributed by atoms with van der Waals surface area (Å²) in [5, 5.41) is 0. The van der Waals surface area contributed by atoms with Crippen LogP contribution in [-0.2, 0) is 0 Å². The quantitative estimate of drug-likeness (QED) is 0.644. The normalized spacial score (nSPS) is 11.7. The molecule has 1 rings (SSSR count). The average molecular weight is 249 g/mol. The molecule has 1 aromatic heterocycles. The Morgan fingerprint density at radius 1 is 1.28 bits per heavy atom. The van der Waals surface area contributed by atoms with Crippen LogP contribution in [0.1, 0.15) is 39.2 Å². The maximum absolute atomic E-state index is 11.5. The fourth-order valence-corrected chi connectivity index (χ4v) is 1.82. The highest BCUT2D eigenvalue weighted by Gasteiger charge is 2.05. The van der Waals surface area contributed by atoms with Crippen molar-refractivity contribution < 1.29 is 0 Å². The van der Waals surface area contributed by atoms with E-state index in [1.807, 2.05) is 13.0 Å². The molecule has 0 aliphatic rings. The maximum Gasteiger partial charge on any atom is 0.252 e. The van der Waals surface area contributed by atoms with Gasteiger partial charge in [-0.05, 0) is 32.8 Å². The molecule has 0 saturated heterocycles. The number of aliphatic imine (C=N–C) groups is 1. The lowest BCUT2D eigenvalue weighted by Crippen LogP contribution is -2.30. The van der Waals surface area contributed by atoms with Gasteiger partial charge in [0.2, 0.25) is 0 Å². The number of amidine groups is 1. The summed E-state index contributed by atoms with van der Waals surface area (Å²) in [4.78, 5) is 21.0. The van der Waals surface area contributed by atoms with Crippen LogP contribution in [0.4, 0.5) is 5.82 Å². The number of aromatic nitrogens is 1. The third-order valence-corrected chi connectivity index (χ3v) is 2.82. The third-order valence-electron chi connectivity index (χ3n) is 2.82. The van der Waals surface area contributed by atoms with E-state index in [0.29, 0.717) is 11.4 Å². The number of H-pyrrole nitrogens is 1. The van der Waals surface area contributed by atoms with E-state index in [1.165, 1.54) is 0 Å². The zero-order valence-corrected chi connectivity index (χ0v) is 11.8. The lowest BCUT2D eigenvalue weighted by Gasteiger charge is -2.22. The number of pyridine rings is 1. The molecule has 0 aromatic carbocycles. The Morgan fingerprint density at radius 2 is 1.89 bits per heavy atom. The molecule has 18 heavy (non-hydrogen) atoms. The van der Waals surface area contributed by atoms with Crippen LogP contribution in [0.15, 0.2) is 21.9 Å². The molecule has 0 aliphatic heterocycles. The molecule has 0 spiro atoms. The lowest BCUT2D eigenvalue weighted by atomic mass is 10.3. The minimum atomic E-state index is -0.0680. The number of aromatic amines is 1. The van der Waals surface area contributed by atoms with Gasteiger partial charge in [-0.1, -0.05) is 19.9 Å². The molecule has 0 aliphatic carbocycles. The first kappa shape index (κ1) is 14.5. The third kappa shape index (κ3) is 4.02. The van der Waals surface area contributed by atoms with Crippen molar-refractivity contribution in [2.24, 2.45) is 4.99 Å². The molecule has 4 heteroatoms. The van der Waals surface area contributed by atoms with Crippen molar-refractivity contribution in [2.75, 3.05) is 13.1 Å². The SMILES string of the molecule is CCCN(CCC)/C(C)=N/c1ccc(C)c(=O)[nH]1. The van der Waals surface area contributed by atoms with Gasteiger partial charge in [0.15, 0.2) is 0 Å². The highest BCUT2D eigenvalue weighted by atomic mass is 16.1. The molecule has 0 atom stereocenters. The van der Waals surface area contributed by atoms with Crippen LogP contribution >= 0.6 is 0 Å². The van der Waals surface area contributed by atoms with Gasteiger partial charge in [0.25, 0.3) is 5.56 Å². The van der Waals surface area contributed by atoms with Crippen molar-refractivity contribution in [3.8, 4) is 0 Å². The molecule has 100 valence electrons. The van der Waals surface area contributed by atoms with E-state index in [1.54, 1.807) is 13.0 Å². The molecule has 0 radical (unpaired) electrons. The first-order chi connectivity index (χ1) is 8.58. The molecule has 1 N–H and O–H groups in total. The zero-order valence-electron chi connectivity index (χ0n) is 11.8. The minimum absolute atomic E-state index is 0.0680. The van der Waals surface area contributed by atoms with Crippen molar-refractivity contribution in [3.63, 3.8) is 0 Å². The monoisotopic (exact) mass is 249 g/mol. The van der Waals surface area contributed by atoms with E-state index in [2.05, 4.69) is 28.7 Å². The van der Waals surface area contributed by atoms with Crippen LogP contribution < -0.4 is 5.56 Å². The van der Waals surface area contributed by atoms with Crippen LogP contribution in [0, 0.1) is 6.92 Å². The van der Waals surface area contributed by atoms with Crippen molar-refractivity contribution in [3.05, 3.63) is 28.0 Å². The molecule has 0 amide bonds. The Kier molecular flexibility index (Phi) is 5.62. The Morgan fingerprint density at radius 3 is 2.39 bits per heavy atom. The van der Waals surface area contributed by atoms with E-state index >= 15 is 0 Å². The Balaban J connectivity index is 2.91. The number of nitrogens with zero attached hydrogens (tertiary/aromatic N) is 2. The highest BCUT2D eigenvalue weighted by molar-refractivity contribution is 5.82. The van der Waals surface area contributed by atoms with Gasteiger partial charge in [-0.2, -0.15) is 0 Å².